The zero-order chi connectivity index (χ0) is 21.0. The van der Waals surface area contributed by atoms with E-state index in [4.69, 9.17) is 4.74 Å². The second-order valence-electron chi connectivity index (χ2n) is 6.61. The maximum Gasteiger partial charge on any atom is 0.243 e. The molecule has 2 aromatic carbocycles. The third-order valence-corrected chi connectivity index (χ3v) is 7.22. The van der Waals surface area contributed by atoms with E-state index in [2.05, 4.69) is 15.9 Å². The van der Waals surface area contributed by atoms with Crippen molar-refractivity contribution in [3.63, 3.8) is 0 Å². The summed E-state index contributed by atoms with van der Waals surface area (Å²) in [5.74, 6) is 0.130. The standard InChI is InChI=1S/C20H22BrFN2O4S/c1-2-28-16-4-6-17(7-5-16)29(26,27)24-11-9-23(10-12-24)20(25)14-15-3-8-19(22)18(21)13-15/h3-8,13H,2,9-12,14H2,1H3. The van der Waals surface area contributed by atoms with E-state index in [9.17, 15) is 17.6 Å². The van der Waals surface area contributed by atoms with Gasteiger partial charge in [0.15, 0.2) is 0 Å². The lowest BCUT2D eigenvalue weighted by Gasteiger charge is -2.34. The van der Waals surface area contributed by atoms with Gasteiger partial charge < -0.3 is 9.64 Å². The van der Waals surface area contributed by atoms with Gasteiger partial charge in [-0.2, -0.15) is 4.31 Å². The van der Waals surface area contributed by atoms with Crippen LogP contribution < -0.4 is 4.74 Å². The highest BCUT2D eigenvalue weighted by molar-refractivity contribution is 9.10. The highest BCUT2D eigenvalue weighted by atomic mass is 79.9. The maximum absolute atomic E-state index is 13.3. The number of halogens is 2. The third-order valence-electron chi connectivity index (χ3n) is 4.70. The number of amides is 1. The fourth-order valence-corrected chi connectivity index (χ4v) is 4.99. The molecule has 3 rings (SSSR count). The highest BCUT2D eigenvalue weighted by Gasteiger charge is 2.30. The molecule has 0 unspecified atom stereocenters. The average Bonchev–Trinajstić information content (AvgIpc) is 2.71. The summed E-state index contributed by atoms with van der Waals surface area (Å²) >= 11 is 3.12. The van der Waals surface area contributed by atoms with Gasteiger partial charge in [0.25, 0.3) is 0 Å². The molecule has 0 bridgehead atoms. The largest absolute Gasteiger partial charge is 0.494 e. The molecule has 6 nitrogen and oxygen atoms in total. The van der Waals surface area contributed by atoms with E-state index >= 15 is 0 Å². The molecule has 0 N–H and O–H groups in total. The zero-order valence-electron chi connectivity index (χ0n) is 16.0. The van der Waals surface area contributed by atoms with Crippen LogP contribution >= 0.6 is 15.9 Å². The van der Waals surface area contributed by atoms with Crippen molar-refractivity contribution in [3.05, 3.63) is 58.3 Å². The van der Waals surface area contributed by atoms with Crippen LogP contribution in [0.5, 0.6) is 5.75 Å². The van der Waals surface area contributed by atoms with E-state index in [1.807, 2.05) is 6.92 Å². The van der Waals surface area contributed by atoms with Crippen LogP contribution in [0.4, 0.5) is 4.39 Å². The van der Waals surface area contributed by atoms with E-state index < -0.39 is 10.0 Å². The number of piperazine rings is 1. The van der Waals surface area contributed by atoms with Gasteiger partial charge in [-0.25, -0.2) is 12.8 Å². The number of benzene rings is 2. The zero-order valence-corrected chi connectivity index (χ0v) is 18.4. The maximum atomic E-state index is 13.3. The Labute approximate surface area is 178 Å². The summed E-state index contributed by atoms with van der Waals surface area (Å²) in [4.78, 5) is 14.4. The van der Waals surface area contributed by atoms with E-state index in [-0.39, 0.29) is 36.1 Å². The molecule has 0 aliphatic carbocycles. The molecule has 0 aromatic heterocycles. The van der Waals surface area contributed by atoms with Crippen LogP contribution in [0.15, 0.2) is 51.8 Å². The van der Waals surface area contributed by atoms with Crippen molar-refractivity contribution in [2.45, 2.75) is 18.2 Å². The summed E-state index contributed by atoms with van der Waals surface area (Å²) in [6.07, 6.45) is 0.143. The molecule has 29 heavy (non-hydrogen) atoms. The molecule has 0 atom stereocenters. The summed E-state index contributed by atoms with van der Waals surface area (Å²) in [7, 11) is -3.62. The number of nitrogens with zero attached hydrogens (tertiary/aromatic N) is 2. The molecule has 1 aliphatic rings. The van der Waals surface area contributed by atoms with Crippen molar-refractivity contribution in [1.29, 1.82) is 0 Å². The third kappa shape index (κ3) is 5.15. The molecular formula is C20H22BrFN2O4S. The van der Waals surface area contributed by atoms with Gasteiger partial charge in [-0.05, 0) is 64.8 Å². The first-order valence-corrected chi connectivity index (χ1v) is 11.5. The van der Waals surface area contributed by atoms with Gasteiger partial charge in [0.05, 0.1) is 22.4 Å². The van der Waals surface area contributed by atoms with Crippen LogP contribution in [-0.2, 0) is 21.2 Å². The summed E-state index contributed by atoms with van der Waals surface area (Å²) in [6.45, 7) is 3.47. The Morgan fingerprint density at radius 3 is 2.34 bits per heavy atom. The minimum atomic E-state index is -3.62. The predicted octanol–water partition coefficient (Wildman–Crippen LogP) is 3.06. The molecular weight excluding hydrogens is 463 g/mol. The normalized spacial score (nSPS) is 15.3. The first kappa shape index (κ1) is 21.7. The van der Waals surface area contributed by atoms with E-state index in [0.29, 0.717) is 35.5 Å². The minimum Gasteiger partial charge on any atom is -0.494 e. The summed E-state index contributed by atoms with van der Waals surface area (Å²) < 4.78 is 46.1. The van der Waals surface area contributed by atoms with Gasteiger partial charge in [-0.15, -0.1) is 0 Å². The van der Waals surface area contributed by atoms with Gasteiger partial charge in [-0.1, -0.05) is 6.07 Å². The van der Waals surface area contributed by atoms with Gasteiger partial charge in [0.1, 0.15) is 11.6 Å². The summed E-state index contributed by atoms with van der Waals surface area (Å²) in [6, 6.07) is 10.8. The number of hydrogen-bond donors (Lipinski definition) is 0. The lowest BCUT2D eigenvalue weighted by atomic mass is 10.1. The molecule has 156 valence electrons. The Kier molecular flexibility index (Phi) is 6.92. The fourth-order valence-electron chi connectivity index (χ4n) is 3.14. The monoisotopic (exact) mass is 484 g/mol. The minimum absolute atomic E-state index is 0.110. The van der Waals surface area contributed by atoms with E-state index in [1.165, 1.54) is 22.5 Å². The Morgan fingerprint density at radius 2 is 1.76 bits per heavy atom. The number of carbonyl (C=O) groups excluding carboxylic acids is 1. The smallest absolute Gasteiger partial charge is 0.243 e. The van der Waals surface area contributed by atoms with Crippen LogP contribution in [-0.4, -0.2) is 56.3 Å². The Balaban J connectivity index is 1.60. The van der Waals surface area contributed by atoms with E-state index in [0.717, 1.165) is 0 Å². The van der Waals surface area contributed by atoms with Gasteiger partial charge in [-0.3, -0.25) is 4.79 Å². The molecule has 1 amide bonds. The van der Waals surface area contributed by atoms with Crippen LogP contribution in [0.1, 0.15) is 12.5 Å². The summed E-state index contributed by atoms with van der Waals surface area (Å²) in [5.41, 5.74) is 0.702. The Hall–Kier alpha value is -1.97. The fraction of sp³-hybridized carbons (Fsp3) is 0.350. The molecule has 1 aliphatic heterocycles. The number of carbonyl (C=O) groups is 1. The number of hydrogen-bond acceptors (Lipinski definition) is 4. The first-order chi connectivity index (χ1) is 13.8. The SMILES string of the molecule is CCOc1ccc(S(=O)(=O)N2CCN(C(=O)Cc3ccc(F)c(Br)c3)CC2)cc1. The molecule has 1 saturated heterocycles. The second kappa shape index (κ2) is 9.23. The van der Waals surface area contributed by atoms with Crippen LogP contribution in [0.2, 0.25) is 0 Å². The molecule has 1 fully saturated rings. The predicted molar refractivity (Wildman–Crippen MR) is 111 cm³/mol. The first-order valence-electron chi connectivity index (χ1n) is 9.26. The highest BCUT2D eigenvalue weighted by Crippen LogP contribution is 2.22. The molecule has 9 heteroatoms. The molecule has 1 heterocycles. The molecule has 0 spiro atoms. The molecule has 0 saturated carbocycles. The Morgan fingerprint density at radius 1 is 1.10 bits per heavy atom. The van der Waals surface area contributed by atoms with Crippen LogP contribution in [0, 0.1) is 5.82 Å². The van der Waals surface area contributed by atoms with Crippen molar-refractivity contribution in [2.75, 3.05) is 32.8 Å². The number of rotatable bonds is 6. The van der Waals surface area contributed by atoms with Crippen LogP contribution in [0.25, 0.3) is 0 Å². The number of ether oxygens (including phenoxy) is 1. The van der Waals surface area contributed by atoms with Crippen molar-refractivity contribution in [3.8, 4) is 5.75 Å². The van der Waals surface area contributed by atoms with E-state index in [1.54, 1.807) is 29.2 Å². The Bertz CT molecular complexity index is 974. The lowest BCUT2D eigenvalue weighted by molar-refractivity contribution is -0.131. The topological polar surface area (TPSA) is 66.9 Å². The summed E-state index contributed by atoms with van der Waals surface area (Å²) in [5, 5.41) is 0. The molecule has 0 radical (unpaired) electrons. The molecule has 2 aromatic rings. The van der Waals surface area contributed by atoms with Crippen molar-refractivity contribution in [1.82, 2.24) is 9.21 Å². The van der Waals surface area contributed by atoms with Crippen LogP contribution in [0.3, 0.4) is 0 Å². The second-order valence-corrected chi connectivity index (χ2v) is 9.41. The quantitative estimate of drug-likeness (QED) is 0.631. The van der Waals surface area contributed by atoms with Gasteiger partial charge in [0, 0.05) is 26.2 Å². The van der Waals surface area contributed by atoms with Crippen molar-refractivity contribution >= 4 is 31.9 Å². The number of sulfonamides is 1. The van der Waals surface area contributed by atoms with Gasteiger partial charge in [0.2, 0.25) is 15.9 Å². The lowest BCUT2D eigenvalue weighted by Crippen LogP contribution is -2.50. The van der Waals surface area contributed by atoms with Gasteiger partial charge >= 0.3 is 0 Å². The average molecular weight is 485 g/mol. The van der Waals surface area contributed by atoms with Crippen molar-refractivity contribution < 1.29 is 22.3 Å². The van der Waals surface area contributed by atoms with Crippen molar-refractivity contribution in [2.24, 2.45) is 0 Å².